The van der Waals surface area contributed by atoms with Gasteiger partial charge in [-0.05, 0) is 108 Å². The van der Waals surface area contributed by atoms with Crippen molar-refractivity contribution in [2.75, 3.05) is 0 Å². The molecule has 0 aliphatic carbocycles. The molecule has 5 heterocycles. The Balaban J connectivity index is 0.931. The number of aromatic nitrogens is 5. The van der Waals surface area contributed by atoms with Crippen LogP contribution in [0.4, 0.5) is 0 Å². The number of para-hydroxylation sites is 4. The molecule has 0 bridgehead atoms. The molecule has 0 saturated carbocycles. The molecule has 15 rings (SSSR count). The number of hydrogen-bond acceptors (Lipinski definition) is 7. The Morgan fingerprint density at radius 3 is 1.47 bits per heavy atom. The van der Waals surface area contributed by atoms with E-state index >= 15 is 0 Å². The maximum absolute atomic E-state index is 11.1. The van der Waals surface area contributed by atoms with E-state index in [2.05, 4.69) is 106 Å². The smallest absolute Gasteiger partial charge is 0.165 e. The molecule has 0 spiro atoms. The van der Waals surface area contributed by atoms with Crippen LogP contribution < -0.4 is 0 Å². The monoisotopic (exact) mass is 945 g/mol. The van der Waals surface area contributed by atoms with Crippen molar-refractivity contribution in [3.8, 4) is 68.8 Å². The highest BCUT2D eigenvalue weighted by atomic mass is 16.3. The summed E-state index contributed by atoms with van der Waals surface area (Å²) in [5, 5.41) is 29.6. The Hall–Kier alpha value is -10.6. The van der Waals surface area contributed by atoms with Crippen molar-refractivity contribution in [3.05, 3.63) is 223 Å². The lowest BCUT2D eigenvalue weighted by molar-refractivity contribution is 0.672. The van der Waals surface area contributed by atoms with E-state index in [9.17, 15) is 10.5 Å². The standard InChI is InChI=1S/C65H35N7O2/c66-36-38-13-12-16-40(33-38)52-35-43(72-54-22-9-5-20-51(54)60-56(72)32-30-48-46-18-7-11-24-58(46)74-62(48)60)26-28-49(52)65-69-63(39-14-2-1-3-15-39)68-64(70-65)44-27-25-42(34-41(44)37-67)71-53-21-8-4-19-50(53)59-55(71)31-29-47-45-17-6-10-23-57(45)73-61(47)59/h1-35H. The van der Waals surface area contributed by atoms with Gasteiger partial charge in [0, 0.05) is 60.4 Å². The third kappa shape index (κ3) is 6.11. The van der Waals surface area contributed by atoms with Gasteiger partial charge in [0.25, 0.3) is 0 Å². The Bertz CT molecular complexity index is 4950. The van der Waals surface area contributed by atoms with Crippen LogP contribution in [0.5, 0.6) is 0 Å². The first kappa shape index (κ1) is 41.2. The number of benzene rings is 10. The lowest BCUT2D eigenvalue weighted by Crippen LogP contribution is -2.03. The van der Waals surface area contributed by atoms with Gasteiger partial charge in [-0.15, -0.1) is 0 Å². The van der Waals surface area contributed by atoms with Crippen LogP contribution >= 0.6 is 0 Å². The molecule has 0 saturated heterocycles. The van der Waals surface area contributed by atoms with E-state index in [0.717, 1.165) is 121 Å². The van der Waals surface area contributed by atoms with Crippen LogP contribution in [0.25, 0.3) is 144 Å². The van der Waals surface area contributed by atoms with Crippen LogP contribution in [-0.2, 0) is 0 Å². The van der Waals surface area contributed by atoms with Crippen LogP contribution in [0.15, 0.2) is 221 Å². The summed E-state index contributed by atoms with van der Waals surface area (Å²) in [4.78, 5) is 15.6. The van der Waals surface area contributed by atoms with Gasteiger partial charge in [-0.2, -0.15) is 10.5 Å². The number of furan rings is 2. The molecule has 10 aromatic carbocycles. The minimum atomic E-state index is 0.348. The van der Waals surface area contributed by atoms with E-state index in [1.54, 1.807) is 6.07 Å². The molecular weight excluding hydrogens is 911 g/mol. The Kier molecular flexibility index (Phi) is 8.88. The molecule has 5 aromatic heterocycles. The summed E-state index contributed by atoms with van der Waals surface area (Å²) in [6.45, 7) is 0. The second-order valence-electron chi connectivity index (χ2n) is 18.5. The summed E-state index contributed by atoms with van der Waals surface area (Å²) in [7, 11) is 0. The van der Waals surface area contributed by atoms with Crippen molar-refractivity contribution >= 4 is 87.5 Å². The number of hydrogen-bond donors (Lipinski definition) is 0. The first-order valence-corrected chi connectivity index (χ1v) is 24.3. The van der Waals surface area contributed by atoms with Crippen LogP contribution in [0, 0.1) is 22.7 Å². The summed E-state index contributed by atoms with van der Waals surface area (Å²) < 4.78 is 17.6. The van der Waals surface area contributed by atoms with E-state index in [0.29, 0.717) is 34.2 Å². The minimum Gasteiger partial charge on any atom is -0.455 e. The first-order valence-electron chi connectivity index (χ1n) is 24.3. The van der Waals surface area contributed by atoms with E-state index in [-0.39, 0.29) is 0 Å². The zero-order valence-corrected chi connectivity index (χ0v) is 39.2. The molecule has 0 atom stereocenters. The molecule has 0 amide bonds. The normalized spacial score (nSPS) is 11.8. The maximum atomic E-state index is 11.1. The number of fused-ring (bicyclic) bond motifs is 14. The topological polar surface area (TPSA) is 122 Å². The van der Waals surface area contributed by atoms with Crippen molar-refractivity contribution in [2.24, 2.45) is 0 Å². The maximum Gasteiger partial charge on any atom is 0.165 e. The van der Waals surface area contributed by atoms with Crippen molar-refractivity contribution in [3.63, 3.8) is 0 Å². The molecule has 0 aliphatic rings. The molecule has 0 aliphatic heterocycles. The number of nitrogens with zero attached hydrogens (tertiary/aromatic N) is 7. The highest BCUT2D eigenvalue weighted by molar-refractivity contribution is 6.25. The molecule has 9 heteroatoms. The fraction of sp³-hybridized carbons (Fsp3) is 0. The van der Waals surface area contributed by atoms with Gasteiger partial charge < -0.3 is 18.0 Å². The van der Waals surface area contributed by atoms with Gasteiger partial charge in [-0.3, -0.25) is 0 Å². The lowest BCUT2D eigenvalue weighted by atomic mass is 9.96. The largest absolute Gasteiger partial charge is 0.455 e. The summed E-state index contributed by atoms with van der Waals surface area (Å²) in [5.74, 6) is 1.21. The van der Waals surface area contributed by atoms with E-state index < -0.39 is 0 Å². The number of rotatable bonds is 6. The van der Waals surface area contributed by atoms with Gasteiger partial charge in [-0.1, -0.05) is 115 Å². The quantitative estimate of drug-likeness (QED) is 0.163. The van der Waals surface area contributed by atoms with E-state index in [1.807, 2.05) is 121 Å². The highest BCUT2D eigenvalue weighted by Gasteiger charge is 2.24. The molecule has 15 aromatic rings. The molecule has 0 N–H and O–H groups in total. The van der Waals surface area contributed by atoms with Crippen molar-refractivity contribution < 1.29 is 8.83 Å². The summed E-state index contributed by atoms with van der Waals surface area (Å²) in [6.07, 6.45) is 0. The predicted octanol–water partition coefficient (Wildman–Crippen LogP) is 16.3. The summed E-state index contributed by atoms with van der Waals surface area (Å²) in [6, 6.07) is 76.0. The Morgan fingerprint density at radius 2 is 0.865 bits per heavy atom. The fourth-order valence-corrected chi connectivity index (χ4v) is 11.2. The molecule has 0 radical (unpaired) electrons. The van der Waals surface area contributed by atoms with Crippen LogP contribution in [0.3, 0.4) is 0 Å². The van der Waals surface area contributed by atoms with E-state index in [1.165, 1.54) is 0 Å². The molecule has 74 heavy (non-hydrogen) atoms. The van der Waals surface area contributed by atoms with Crippen molar-refractivity contribution in [2.45, 2.75) is 0 Å². The van der Waals surface area contributed by atoms with Gasteiger partial charge in [-0.25, -0.2) is 15.0 Å². The van der Waals surface area contributed by atoms with Crippen LogP contribution in [-0.4, -0.2) is 24.1 Å². The zero-order chi connectivity index (χ0) is 49.0. The van der Waals surface area contributed by atoms with Gasteiger partial charge >= 0.3 is 0 Å². The molecule has 0 fully saturated rings. The van der Waals surface area contributed by atoms with Crippen LogP contribution in [0.1, 0.15) is 11.1 Å². The SMILES string of the molecule is N#Cc1cccc(-c2cc(-n3c4ccccc4c4c5oc6ccccc6c5ccc43)ccc2-c2nc(-c3ccccc3)nc(-c3ccc(-n4c5ccccc5c5c6oc7ccccc7c6ccc54)cc3C#N)n2)c1. The van der Waals surface area contributed by atoms with Gasteiger partial charge in [0.05, 0.1) is 56.1 Å². The summed E-state index contributed by atoms with van der Waals surface area (Å²) >= 11 is 0. The van der Waals surface area contributed by atoms with Crippen molar-refractivity contribution in [1.82, 2.24) is 24.1 Å². The molecule has 9 nitrogen and oxygen atoms in total. The Morgan fingerprint density at radius 1 is 0.351 bits per heavy atom. The minimum absolute atomic E-state index is 0.348. The molecule has 0 unspecified atom stereocenters. The van der Waals surface area contributed by atoms with Crippen molar-refractivity contribution in [1.29, 1.82) is 10.5 Å². The third-order valence-corrected chi connectivity index (χ3v) is 14.5. The first-order chi connectivity index (χ1) is 36.6. The second kappa shape index (κ2) is 16.0. The summed E-state index contributed by atoms with van der Waals surface area (Å²) in [5.41, 5.74) is 13.6. The number of nitriles is 2. The molecular formula is C65H35N7O2. The predicted molar refractivity (Wildman–Crippen MR) is 294 cm³/mol. The van der Waals surface area contributed by atoms with Gasteiger partial charge in [0.15, 0.2) is 17.5 Å². The average Bonchev–Trinajstić information content (AvgIpc) is 4.23. The Labute approximate surface area is 421 Å². The third-order valence-electron chi connectivity index (χ3n) is 14.5. The lowest BCUT2D eigenvalue weighted by Gasteiger charge is -2.16. The average molecular weight is 946 g/mol. The van der Waals surface area contributed by atoms with E-state index in [4.69, 9.17) is 23.8 Å². The van der Waals surface area contributed by atoms with Crippen LogP contribution in [0.2, 0.25) is 0 Å². The van der Waals surface area contributed by atoms with Gasteiger partial charge in [0.2, 0.25) is 0 Å². The second-order valence-corrected chi connectivity index (χ2v) is 18.5. The zero-order valence-electron chi connectivity index (χ0n) is 39.2. The highest BCUT2D eigenvalue weighted by Crippen LogP contribution is 2.44. The van der Waals surface area contributed by atoms with Gasteiger partial charge in [0.1, 0.15) is 22.3 Å². The fourth-order valence-electron chi connectivity index (χ4n) is 11.2. The molecule has 342 valence electrons.